The minimum Gasteiger partial charge on any atom is -0.497 e. The number of nitrogens with zero attached hydrogens (tertiary/aromatic N) is 1. The Labute approximate surface area is 174 Å². The van der Waals surface area contributed by atoms with Crippen molar-refractivity contribution in [2.24, 2.45) is 5.10 Å². The predicted octanol–water partition coefficient (Wildman–Crippen LogP) is 4.51. The van der Waals surface area contributed by atoms with Crippen LogP contribution in [0.1, 0.15) is 37.8 Å². The molecule has 0 fully saturated rings. The van der Waals surface area contributed by atoms with Gasteiger partial charge in [0, 0.05) is 11.6 Å². The van der Waals surface area contributed by atoms with Gasteiger partial charge in [0.2, 0.25) is 0 Å². The van der Waals surface area contributed by atoms with E-state index in [2.05, 4.69) is 40.3 Å². The monoisotopic (exact) mass is 448 g/mol. The molecule has 0 saturated carbocycles. The normalized spacial score (nSPS) is 11.3. The second kappa shape index (κ2) is 10.1. The third kappa shape index (κ3) is 5.73. The molecule has 0 bridgehead atoms. The van der Waals surface area contributed by atoms with Crippen LogP contribution in [0.25, 0.3) is 0 Å². The lowest BCUT2D eigenvalue weighted by molar-refractivity contribution is -0.123. The van der Waals surface area contributed by atoms with Gasteiger partial charge in [-0.1, -0.05) is 19.9 Å². The number of halogens is 1. The first-order chi connectivity index (χ1) is 13.3. The van der Waals surface area contributed by atoms with Crippen LogP contribution in [0.5, 0.6) is 17.2 Å². The van der Waals surface area contributed by atoms with Gasteiger partial charge in [0.05, 0.1) is 24.4 Å². The van der Waals surface area contributed by atoms with Gasteiger partial charge in [-0.2, -0.15) is 5.10 Å². The van der Waals surface area contributed by atoms with Crippen molar-refractivity contribution in [3.8, 4) is 17.2 Å². The Bertz CT molecular complexity index is 865. The molecule has 0 saturated heterocycles. The predicted molar refractivity (Wildman–Crippen MR) is 114 cm³/mol. The van der Waals surface area contributed by atoms with Gasteiger partial charge >= 0.3 is 0 Å². The van der Waals surface area contributed by atoms with Crippen molar-refractivity contribution >= 4 is 27.5 Å². The second-order valence-corrected chi connectivity index (χ2v) is 7.29. The first-order valence-corrected chi connectivity index (χ1v) is 9.62. The van der Waals surface area contributed by atoms with Crippen molar-refractivity contribution in [3.05, 3.63) is 52.0 Å². The van der Waals surface area contributed by atoms with Crippen LogP contribution in [-0.4, -0.2) is 32.4 Å². The molecule has 150 valence electrons. The molecule has 0 unspecified atom stereocenters. The second-order valence-electron chi connectivity index (χ2n) is 6.43. The molecule has 0 aliphatic heterocycles. The largest absolute Gasteiger partial charge is 0.497 e. The highest BCUT2D eigenvalue weighted by Gasteiger charge is 2.10. The summed E-state index contributed by atoms with van der Waals surface area (Å²) in [5, 5.41) is 4.14. The van der Waals surface area contributed by atoms with E-state index in [1.807, 2.05) is 24.3 Å². The lowest BCUT2D eigenvalue weighted by atomic mass is 10.0. The first-order valence-electron chi connectivity index (χ1n) is 8.83. The fraction of sp³-hybridized carbons (Fsp3) is 0.333. The van der Waals surface area contributed by atoms with Crippen molar-refractivity contribution in [1.29, 1.82) is 0 Å². The van der Waals surface area contributed by atoms with Crippen molar-refractivity contribution in [3.63, 3.8) is 0 Å². The van der Waals surface area contributed by atoms with E-state index < -0.39 is 0 Å². The van der Waals surface area contributed by atoms with Crippen molar-refractivity contribution < 1.29 is 19.0 Å². The van der Waals surface area contributed by atoms with Crippen LogP contribution in [0, 0.1) is 0 Å². The molecule has 0 radical (unpaired) electrons. The minimum absolute atomic E-state index is 0.143. The summed E-state index contributed by atoms with van der Waals surface area (Å²) in [6, 6.07) is 11.2. The lowest BCUT2D eigenvalue weighted by Gasteiger charge is -2.12. The fourth-order valence-corrected chi connectivity index (χ4v) is 2.98. The maximum Gasteiger partial charge on any atom is 0.277 e. The average Bonchev–Trinajstić information content (AvgIpc) is 2.70. The first kappa shape index (κ1) is 21.8. The summed E-state index contributed by atoms with van der Waals surface area (Å²) in [7, 11) is 3.16. The Morgan fingerprint density at radius 1 is 1.11 bits per heavy atom. The van der Waals surface area contributed by atoms with E-state index in [-0.39, 0.29) is 12.5 Å². The number of amides is 1. The summed E-state index contributed by atoms with van der Waals surface area (Å²) in [5.41, 5.74) is 5.06. The zero-order valence-electron chi connectivity index (χ0n) is 16.7. The van der Waals surface area contributed by atoms with E-state index in [9.17, 15) is 4.79 Å². The molecule has 0 aliphatic rings. The average molecular weight is 449 g/mol. The number of rotatable bonds is 8. The maximum absolute atomic E-state index is 12.1. The van der Waals surface area contributed by atoms with Gasteiger partial charge < -0.3 is 14.2 Å². The van der Waals surface area contributed by atoms with Crippen LogP contribution in [-0.2, 0) is 4.79 Å². The number of methoxy groups -OCH3 is 2. The van der Waals surface area contributed by atoms with E-state index >= 15 is 0 Å². The van der Waals surface area contributed by atoms with Gasteiger partial charge in [0.1, 0.15) is 17.2 Å². The smallest absolute Gasteiger partial charge is 0.277 e. The minimum atomic E-state index is -0.355. The third-order valence-corrected chi connectivity index (χ3v) is 4.75. The van der Waals surface area contributed by atoms with Gasteiger partial charge in [-0.25, -0.2) is 5.43 Å². The highest BCUT2D eigenvalue weighted by molar-refractivity contribution is 9.10. The number of nitrogens with one attached hydrogen (secondary N) is 1. The topological polar surface area (TPSA) is 69.2 Å². The molecule has 6 nitrogen and oxygen atoms in total. The molecule has 2 aromatic rings. The molecule has 0 aliphatic carbocycles. The molecule has 28 heavy (non-hydrogen) atoms. The third-order valence-electron chi connectivity index (χ3n) is 4.13. The number of carbonyl (C=O) groups excluding carboxylic acids is 1. The number of carbonyl (C=O) groups is 1. The molecule has 7 heteroatoms. The zero-order chi connectivity index (χ0) is 20.7. The molecular weight excluding hydrogens is 424 g/mol. The van der Waals surface area contributed by atoms with Crippen molar-refractivity contribution in [2.75, 3.05) is 20.8 Å². The van der Waals surface area contributed by atoms with Gasteiger partial charge in [-0.15, -0.1) is 0 Å². The summed E-state index contributed by atoms with van der Waals surface area (Å²) in [5.74, 6) is 1.96. The molecule has 2 aromatic carbocycles. The molecule has 2 rings (SSSR count). The summed E-state index contributed by atoms with van der Waals surface area (Å²) in [4.78, 5) is 12.1. The zero-order valence-corrected chi connectivity index (χ0v) is 18.3. The highest BCUT2D eigenvalue weighted by Crippen LogP contribution is 2.29. The summed E-state index contributed by atoms with van der Waals surface area (Å²) in [6.07, 6.45) is 0. The van der Waals surface area contributed by atoms with Gasteiger partial charge in [-0.3, -0.25) is 4.79 Å². The van der Waals surface area contributed by atoms with Crippen LogP contribution < -0.4 is 19.6 Å². The van der Waals surface area contributed by atoms with Gasteiger partial charge in [0.15, 0.2) is 6.61 Å². The van der Waals surface area contributed by atoms with Crippen LogP contribution in [0.2, 0.25) is 0 Å². The fourth-order valence-electron chi connectivity index (χ4n) is 2.47. The maximum atomic E-state index is 12.1. The van der Waals surface area contributed by atoms with Crippen LogP contribution >= 0.6 is 15.9 Å². The molecule has 1 amide bonds. The quantitative estimate of drug-likeness (QED) is 0.476. The van der Waals surface area contributed by atoms with E-state index in [0.717, 1.165) is 10.0 Å². The summed E-state index contributed by atoms with van der Waals surface area (Å²) < 4.78 is 16.9. The van der Waals surface area contributed by atoms with Crippen molar-refractivity contribution in [2.45, 2.75) is 26.7 Å². The standard InChI is InChI=1S/C21H25BrN2O4/c1-13(2)15-6-9-19(18(22)10-15)28-12-21(25)24-23-14(3)17-8-7-16(26-4)11-20(17)27-5/h6-11,13H,12H2,1-5H3,(H,24,25). The number of hydrazone groups is 1. The molecule has 1 N–H and O–H groups in total. The number of hydrogen-bond donors (Lipinski definition) is 1. The number of hydrogen-bond acceptors (Lipinski definition) is 5. The van der Waals surface area contributed by atoms with Crippen LogP contribution in [0.15, 0.2) is 46.0 Å². The SMILES string of the molecule is COc1ccc(C(C)=NNC(=O)COc2ccc(C(C)C)cc2Br)c(OC)c1. The Morgan fingerprint density at radius 2 is 1.86 bits per heavy atom. The Morgan fingerprint density at radius 3 is 2.46 bits per heavy atom. The van der Waals surface area contributed by atoms with Crippen LogP contribution in [0.3, 0.4) is 0 Å². The van der Waals surface area contributed by atoms with Crippen LogP contribution in [0.4, 0.5) is 0 Å². The summed E-state index contributed by atoms with van der Waals surface area (Å²) in [6.45, 7) is 5.88. The molecule has 0 aromatic heterocycles. The number of ether oxygens (including phenoxy) is 3. The molecule has 0 spiro atoms. The number of benzene rings is 2. The Balaban J connectivity index is 1.98. The van der Waals surface area contributed by atoms with Gasteiger partial charge in [0.25, 0.3) is 5.91 Å². The van der Waals surface area contributed by atoms with E-state index in [1.165, 1.54) is 5.56 Å². The van der Waals surface area contributed by atoms with Crippen molar-refractivity contribution in [1.82, 2.24) is 5.43 Å². The van der Waals surface area contributed by atoms with E-state index in [4.69, 9.17) is 14.2 Å². The molecular formula is C21H25BrN2O4. The summed E-state index contributed by atoms with van der Waals surface area (Å²) >= 11 is 3.48. The van der Waals surface area contributed by atoms with E-state index in [1.54, 1.807) is 33.3 Å². The molecule has 0 atom stereocenters. The lowest BCUT2D eigenvalue weighted by Crippen LogP contribution is -2.25. The van der Waals surface area contributed by atoms with Gasteiger partial charge in [-0.05, 0) is 58.6 Å². The molecule has 0 heterocycles. The van der Waals surface area contributed by atoms with E-state index in [0.29, 0.717) is 28.9 Å². The Hall–Kier alpha value is -2.54. The highest BCUT2D eigenvalue weighted by atomic mass is 79.9. The Kier molecular flexibility index (Phi) is 7.87.